The lowest BCUT2D eigenvalue weighted by Gasteiger charge is -2.05. The third kappa shape index (κ3) is 5.36. The van der Waals surface area contributed by atoms with E-state index >= 15 is 0 Å². The highest BCUT2D eigenvalue weighted by atomic mass is 79.9. The Balaban J connectivity index is 1.56. The molecule has 0 bridgehead atoms. The number of benzene rings is 3. The summed E-state index contributed by atoms with van der Waals surface area (Å²) in [5, 5.41) is 3.93. The standard InChI is InChI=1S/C21H15BrN2O3/c22-18-10-8-17(9-11-18)21(26)27-19-12-6-15(7-13-19)14-23-24-20(25)16-4-2-1-3-5-16/h1-14H,(H,24,25). The minimum absolute atomic E-state index is 0.285. The van der Waals surface area contributed by atoms with Crippen LogP contribution in [0, 0.1) is 0 Å². The van der Waals surface area contributed by atoms with Crippen molar-refractivity contribution in [2.75, 3.05) is 0 Å². The summed E-state index contributed by atoms with van der Waals surface area (Å²) in [6, 6.07) is 22.5. The van der Waals surface area contributed by atoms with Crippen LogP contribution in [0.2, 0.25) is 0 Å². The van der Waals surface area contributed by atoms with Gasteiger partial charge >= 0.3 is 5.97 Å². The first-order chi connectivity index (χ1) is 13.1. The highest BCUT2D eigenvalue weighted by Gasteiger charge is 2.08. The van der Waals surface area contributed by atoms with Crippen LogP contribution in [-0.4, -0.2) is 18.1 Å². The molecule has 0 radical (unpaired) electrons. The average molecular weight is 423 g/mol. The van der Waals surface area contributed by atoms with Gasteiger partial charge in [0.1, 0.15) is 5.75 Å². The van der Waals surface area contributed by atoms with Crippen molar-refractivity contribution in [2.45, 2.75) is 0 Å². The van der Waals surface area contributed by atoms with Crippen LogP contribution >= 0.6 is 15.9 Å². The van der Waals surface area contributed by atoms with Crippen LogP contribution in [0.4, 0.5) is 0 Å². The van der Waals surface area contributed by atoms with Crippen molar-refractivity contribution in [1.82, 2.24) is 5.43 Å². The van der Waals surface area contributed by atoms with Crippen LogP contribution in [0.25, 0.3) is 0 Å². The Morgan fingerprint density at radius 3 is 2.19 bits per heavy atom. The van der Waals surface area contributed by atoms with E-state index in [1.807, 2.05) is 6.07 Å². The van der Waals surface area contributed by atoms with Crippen molar-refractivity contribution >= 4 is 34.0 Å². The number of carbonyl (C=O) groups excluding carboxylic acids is 2. The van der Waals surface area contributed by atoms with Crippen molar-refractivity contribution in [2.24, 2.45) is 5.10 Å². The Morgan fingerprint density at radius 2 is 1.52 bits per heavy atom. The van der Waals surface area contributed by atoms with E-state index in [4.69, 9.17) is 4.74 Å². The molecule has 0 unspecified atom stereocenters. The van der Waals surface area contributed by atoms with Gasteiger partial charge in [0, 0.05) is 10.0 Å². The molecule has 0 heterocycles. The number of carbonyl (C=O) groups is 2. The van der Waals surface area contributed by atoms with Crippen LogP contribution in [0.15, 0.2) is 88.4 Å². The zero-order valence-electron chi connectivity index (χ0n) is 14.1. The fraction of sp³-hybridized carbons (Fsp3) is 0. The van der Waals surface area contributed by atoms with Crippen molar-refractivity contribution in [3.63, 3.8) is 0 Å². The molecule has 0 atom stereocenters. The topological polar surface area (TPSA) is 67.8 Å². The highest BCUT2D eigenvalue weighted by molar-refractivity contribution is 9.10. The maximum atomic E-state index is 12.1. The number of esters is 1. The summed E-state index contributed by atoms with van der Waals surface area (Å²) in [5.74, 6) is -0.292. The largest absolute Gasteiger partial charge is 0.423 e. The van der Waals surface area contributed by atoms with E-state index in [0.717, 1.165) is 10.0 Å². The van der Waals surface area contributed by atoms with Crippen molar-refractivity contribution in [3.8, 4) is 5.75 Å². The van der Waals surface area contributed by atoms with E-state index in [-0.39, 0.29) is 5.91 Å². The van der Waals surface area contributed by atoms with Crippen molar-refractivity contribution in [3.05, 3.63) is 100 Å². The number of hydrogen-bond acceptors (Lipinski definition) is 4. The Morgan fingerprint density at radius 1 is 0.852 bits per heavy atom. The molecule has 0 aliphatic rings. The second-order valence-electron chi connectivity index (χ2n) is 5.53. The molecule has 0 saturated carbocycles. The minimum Gasteiger partial charge on any atom is -0.423 e. The normalized spacial score (nSPS) is 10.6. The average Bonchev–Trinajstić information content (AvgIpc) is 2.70. The first-order valence-corrected chi connectivity index (χ1v) is 8.87. The number of nitrogens with zero attached hydrogens (tertiary/aromatic N) is 1. The zero-order chi connectivity index (χ0) is 19.1. The summed E-state index contributed by atoms with van der Waals surface area (Å²) in [7, 11) is 0. The number of nitrogens with one attached hydrogen (secondary N) is 1. The van der Waals surface area contributed by atoms with Crippen molar-refractivity contribution in [1.29, 1.82) is 0 Å². The first kappa shape index (κ1) is 18.5. The number of ether oxygens (including phenoxy) is 1. The van der Waals surface area contributed by atoms with Gasteiger partial charge in [-0.3, -0.25) is 4.79 Å². The summed E-state index contributed by atoms with van der Waals surface area (Å²) in [6.07, 6.45) is 1.52. The molecule has 27 heavy (non-hydrogen) atoms. The summed E-state index contributed by atoms with van der Waals surface area (Å²) in [6.45, 7) is 0. The van der Waals surface area contributed by atoms with Gasteiger partial charge in [-0.15, -0.1) is 0 Å². The van der Waals surface area contributed by atoms with Crippen molar-refractivity contribution < 1.29 is 14.3 Å². The molecular weight excluding hydrogens is 408 g/mol. The van der Waals surface area contributed by atoms with Crippen LogP contribution < -0.4 is 10.2 Å². The maximum Gasteiger partial charge on any atom is 0.343 e. The monoisotopic (exact) mass is 422 g/mol. The maximum absolute atomic E-state index is 12.1. The van der Waals surface area contributed by atoms with Crippen LogP contribution in [-0.2, 0) is 0 Å². The molecule has 0 aliphatic carbocycles. The van der Waals surface area contributed by atoms with Gasteiger partial charge < -0.3 is 4.74 Å². The summed E-state index contributed by atoms with van der Waals surface area (Å²) >= 11 is 3.32. The predicted molar refractivity (Wildman–Crippen MR) is 107 cm³/mol. The molecule has 1 N–H and O–H groups in total. The minimum atomic E-state index is -0.431. The predicted octanol–water partition coefficient (Wildman–Crippen LogP) is 4.43. The number of halogens is 1. The van der Waals surface area contributed by atoms with Gasteiger partial charge in [0.25, 0.3) is 5.91 Å². The first-order valence-electron chi connectivity index (χ1n) is 8.08. The molecule has 0 fully saturated rings. The number of rotatable bonds is 5. The van der Waals surface area contributed by atoms with E-state index in [2.05, 4.69) is 26.5 Å². The summed E-state index contributed by atoms with van der Waals surface area (Å²) in [4.78, 5) is 24.0. The Bertz CT molecular complexity index is 953. The van der Waals surface area contributed by atoms with Gasteiger partial charge in [-0.2, -0.15) is 5.10 Å². The third-order valence-electron chi connectivity index (χ3n) is 3.59. The Labute approximate surface area is 164 Å². The summed E-state index contributed by atoms with van der Waals surface area (Å²) in [5.41, 5.74) is 4.22. The van der Waals surface area contributed by atoms with E-state index in [9.17, 15) is 9.59 Å². The van der Waals surface area contributed by atoms with Gasteiger partial charge in [0.15, 0.2) is 0 Å². The lowest BCUT2D eigenvalue weighted by Crippen LogP contribution is -2.17. The Kier molecular flexibility index (Phi) is 6.12. The molecule has 3 aromatic carbocycles. The molecule has 0 aliphatic heterocycles. The smallest absolute Gasteiger partial charge is 0.343 e. The van der Waals surface area contributed by atoms with Gasteiger partial charge in [-0.05, 0) is 66.2 Å². The number of hydrogen-bond donors (Lipinski definition) is 1. The van der Waals surface area contributed by atoms with Gasteiger partial charge in [-0.25, -0.2) is 10.2 Å². The molecule has 1 amide bonds. The highest BCUT2D eigenvalue weighted by Crippen LogP contribution is 2.15. The van der Waals surface area contributed by atoms with E-state index in [0.29, 0.717) is 16.9 Å². The third-order valence-corrected chi connectivity index (χ3v) is 4.11. The molecule has 5 nitrogen and oxygen atoms in total. The Hall–Kier alpha value is -3.25. The molecule has 0 aromatic heterocycles. The van der Waals surface area contributed by atoms with Crippen LogP contribution in [0.5, 0.6) is 5.75 Å². The molecule has 0 spiro atoms. The lowest BCUT2D eigenvalue weighted by molar-refractivity contribution is 0.0734. The molecule has 3 rings (SSSR count). The molecule has 134 valence electrons. The van der Waals surface area contributed by atoms with E-state index < -0.39 is 5.97 Å². The second-order valence-corrected chi connectivity index (χ2v) is 6.45. The fourth-order valence-corrected chi connectivity index (χ4v) is 2.46. The van der Waals surface area contributed by atoms with E-state index in [1.54, 1.807) is 72.8 Å². The summed E-state index contributed by atoms with van der Waals surface area (Å²) < 4.78 is 6.22. The molecule has 0 saturated heterocycles. The van der Waals surface area contributed by atoms with E-state index in [1.165, 1.54) is 6.21 Å². The molecule has 3 aromatic rings. The SMILES string of the molecule is O=C(NN=Cc1ccc(OC(=O)c2ccc(Br)cc2)cc1)c1ccccc1. The zero-order valence-corrected chi connectivity index (χ0v) is 15.7. The van der Waals surface area contributed by atoms with Gasteiger partial charge in [0.2, 0.25) is 0 Å². The lowest BCUT2D eigenvalue weighted by atomic mass is 10.2. The van der Waals surface area contributed by atoms with Gasteiger partial charge in [-0.1, -0.05) is 34.1 Å². The molecule has 6 heteroatoms. The fourth-order valence-electron chi connectivity index (χ4n) is 2.19. The quantitative estimate of drug-likeness (QED) is 0.286. The van der Waals surface area contributed by atoms with Gasteiger partial charge in [0.05, 0.1) is 11.8 Å². The number of amides is 1. The molecular formula is C21H15BrN2O3. The van der Waals surface area contributed by atoms with Crippen LogP contribution in [0.3, 0.4) is 0 Å². The second kappa shape index (κ2) is 8.91. The number of hydrazone groups is 1. The van der Waals surface area contributed by atoms with Crippen LogP contribution in [0.1, 0.15) is 26.3 Å².